The van der Waals surface area contributed by atoms with E-state index in [2.05, 4.69) is 10.6 Å². The Hall–Kier alpha value is -3.46. The van der Waals surface area contributed by atoms with Crippen molar-refractivity contribution in [3.8, 4) is 5.75 Å². The van der Waals surface area contributed by atoms with Crippen molar-refractivity contribution < 1.29 is 10.0 Å². The molecule has 0 aliphatic heterocycles. The van der Waals surface area contributed by atoms with Crippen LogP contribution in [-0.4, -0.2) is 46.2 Å². The molecule has 3 aromatic rings. The average Bonchev–Trinajstić information content (AvgIpc) is 2.78. The molecule has 2 aromatic carbocycles. The molecule has 1 aliphatic carbocycles. The van der Waals surface area contributed by atoms with E-state index in [0.29, 0.717) is 24.1 Å². The van der Waals surface area contributed by atoms with Crippen LogP contribution in [-0.2, 0) is 6.54 Å². The lowest BCUT2D eigenvalue weighted by atomic mass is 9.91. The minimum atomic E-state index is -0.448. The summed E-state index contributed by atoms with van der Waals surface area (Å²) in [6.45, 7) is 0.399. The SMILES string of the molecule is CN(C)c1nc(N[C@H]2CC[C@@H](NCc3cc([N+](=O)[O-])ccc3O)CC2)nc2ccccc12. The van der Waals surface area contributed by atoms with Crippen LogP contribution in [0.3, 0.4) is 0 Å². The summed E-state index contributed by atoms with van der Waals surface area (Å²) in [5, 5.41) is 28.9. The molecule has 1 saturated carbocycles. The van der Waals surface area contributed by atoms with E-state index in [-0.39, 0.29) is 17.5 Å². The van der Waals surface area contributed by atoms with E-state index in [9.17, 15) is 15.2 Å². The molecule has 168 valence electrons. The van der Waals surface area contributed by atoms with E-state index in [0.717, 1.165) is 42.4 Å². The van der Waals surface area contributed by atoms with E-state index in [1.54, 1.807) is 0 Å². The molecule has 1 aliphatic rings. The molecule has 1 aromatic heterocycles. The van der Waals surface area contributed by atoms with Crippen LogP contribution in [0.25, 0.3) is 10.9 Å². The van der Waals surface area contributed by atoms with E-state index in [4.69, 9.17) is 9.97 Å². The number of para-hydroxylation sites is 1. The lowest BCUT2D eigenvalue weighted by Crippen LogP contribution is -2.37. The Morgan fingerprint density at radius 2 is 1.81 bits per heavy atom. The van der Waals surface area contributed by atoms with Gasteiger partial charge in [-0.1, -0.05) is 12.1 Å². The van der Waals surface area contributed by atoms with E-state index in [1.807, 2.05) is 43.3 Å². The van der Waals surface area contributed by atoms with E-state index in [1.165, 1.54) is 18.2 Å². The van der Waals surface area contributed by atoms with Crippen LogP contribution in [0.1, 0.15) is 31.2 Å². The number of phenols is 1. The van der Waals surface area contributed by atoms with Crippen molar-refractivity contribution in [1.29, 1.82) is 0 Å². The van der Waals surface area contributed by atoms with Gasteiger partial charge in [0.25, 0.3) is 5.69 Å². The van der Waals surface area contributed by atoms with Crippen molar-refractivity contribution >= 4 is 28.4 Å². The number of nitro benzene ring substituents is 1. The second kappa shape index (κ2) is 9.35. The zero-order valence-corrected chi connectivity index (χ0v) is 18.3. The fourth-order valence-electron chi connectivity index (χ4n) is 4.17. The average molecular weight is 437 g/mol. The molecule has 1 heterocycles. The second-order valence-electron chi connectivity index (χ2n) is 8.43. The molecule has 1 fully saturated rings. The summed E-state index contributed by atoms with van der Waals surface area (Å²) in [4.78, 5) is 21.9. The highest BCUT2D eigenvalue weighted by Crippen LogP contribution is 2.27. The number of aromatic nitrogens is 2. The molecule has 0 bridgehead atoms. The summed E-state index contributed by atoms with van der Waals surface area (Å²) in [5.41, 5.74) is 1.45. The maximum atomic E-state index is 11.0. The van der Waals surface area contributed by atoms with Crippen molar-refractivity contribution in [2.75, 3.05) is 24.3 Å². The summed E-state index contributed by atoms with van der Waals surface area (Å²) in [5.74, 6) is 1.61. The van der Waals surface area contributed by atoms with Crippen LogP contribution in [0.5, 0.6) is 5.75 Å². The van der Waals surface area contributed by atoms with Crippen LogP contribution < -0.4 is 15.5 Å². The third kappa shape index (κ3) is 4.88. The summed E-state index contributed by atoms with van der Waals surface area (Å²) in [7, 11) is 3.96. The molecule has 9 nitrogen and oxygen atoms in total. The normalized spacial score (nSPS) is 18.4. The van der Waals surface area contributed by atoms with Gasteiger partial charge in [0, 0.05) is 55.8 Å². The number of nitro groups is 1. The Labute approximate surface area is 186 Å². The highest BCUT2D eigenvalue weighted by Gasteiger charge is 2.22. The van der Waals surface area contributed by atoms with Gasteiger partial charge in [0.2, 0.25) is 5.95 Å². The number of benzene rings is 2. The summed E-state index contributed by atoms with van der Waals surface area (Å²) >= 11 is 0. The molecule has 32 heavy (non-hydrogen) atoms. The highest BCUT2D eigenvalue weighted by molar-refractivity contribution is 5.90. The number of nitrogens with one attached hydrogen (secondary N) is 2. The minimum absolute atomic E-state index is 0.0139. The quantitative estimate of drug-likeness (QED) is 0.378. The van der Waals surface area contributed by atoms with Crippen LogP contribution in [0.15, 0.2) is 42.5 Å². The van der Waals surface area contributed by atoms with E-state index < -0.39 is 4.92 Å². The first-order valence-electron chi connectivity index (χ1n) is 10.8. The maximum Gasteiger partial charge on any atom is 0.270 e. The van der Waals surface area contributed by atoms with Gasteiger partial charge in [0.15, 0.2) is 0 Å². The molecule has 0 atom stereocenters. The van der Waals surface area contributed by atoms with Gasteiger partial charge in [-0.3, -0.25) is 10.1 Å². The lowest BCUT2D eigenvalue weighted by Gasteiger charge is -2.30. The number of nitrogens with zero attached hydrogens (tertiary/aromatic N) is 4. The first-order chi connectivity index (χ1) is 15.4. The standard InChI is InChI=1S/C23H28N6O3/c1-28(2)22-19-5-3-4-6-20(19)26-23(27-22)25-17-9-7-16(8-10-17)24-14-15-13-18(29(31)32)11-12-21(15)30/h3-6,11-13,16-17,24,30H,7-10,14H2,1-2H3,(H,25,26,27)/t16-,17+. The Morgan fingerprint density at radius 1 is 1.09 bits per heavy atom. The third-order valence-corrected chi connectivity index (χ3v) is 5.92. The predicted molar refractivity (Wildman–Crippen MR) is 125 cm³/mol. The van der Waals surface area contributed by atoms with Crippen LogP contribution in [0, 0.1) is 10.1 Å². The largest absolute Gasteiger partial charge is 0.508 e. The molecule has 4 rings (SSSR count). The van der Waals surface area contributed by atoms with Crippen molar-refractivity contribution in [3.05, 3.63) is 58.1 Å². The summed E-state index contributed by atoms with van der Waals surface area (Å²) in [6, 6.07) is 12.7. The fourth-order valence-corrected chi connectivity index (χ4v) is 4.17. The Morgan fingerprint density at radius 3 is 2.53 bits per heavy atom. The number of non-ortho nitro benzene ring substituents is 1. The van der Waals surface area contributed by atoms with Gasteiger partial charge in [-0.15, -0.1) is 0 Å². The topological polar surface area (TPSA) is 116 Å². The number of phenolic OH excluding ortho intramolecular Hbond substituents is 1. The van der Waals surface area contributed by atoms with Crippen molar-refractivity contribution in [3.63, 3.8) is 0 Å². The van der Waals surface area contributed by atoms with Crippen molar-refractivity contribution in [2.24, 2.45) is 0 Å². The summed E-state index contributed by atoms with van der Waals surface area (Å²) < 4.78 is 0. The zero-order chi connectivity index (χ0) is 22.7. The molecule has 0 saturated heterocycles. The molecule has 0 spiro atoms. The molecular weight excluding hydrogens is 408 g/mol. The molecule has 9 heteroatoms. The second-order valence-corrected chi connectivity index (χ2v) is 8.43. The number of anilines is 2. The molecule has 0 amide bonds. The van der Waals surface area contributed by atoms with Crippen LogP contribution in [0.2, 0.25) is 0 Å². The van der Waals surface area contributed by atoms with Crippen LogP contribution in [0.4, 0.5) is 17.5 Å². The number of fused-ring (bicyclic) bond motifs is 1. The highest BCUT2D eigenvalue weighted by atomic mass is 16.6. The first-order valence-corrected chi connectivity index (χ1v) is 10.8. The van der Waals surface area contributed by atoms with Gasteiger partial charge < -0.3 is 20.6 Å². The smallest absolute Gasteiger partial charge is 0.270 e. The number of hydrogen-bond donors (Lipinski definition) is 3. The van der Waals surface area contributed by atoms with Gasteiger partial charge in [0.1, 0.15) is 11.6 Å². The zero-order valence-electron chi connectivity index (χ0n) is 18.3. The van der Waals surface area contributed by atoms with Gasteiger partial charge >= 0.3 is 0 Å². The van der Waals surface area contributed by atoms with E-state index >= 15 is 0 Å². The fraction of sp³-hybridized carbons (Fsp3) is 0.391. The maximum absolute atomic E-state index is 11.0. The lowest BCUT2D eigenvalue weighted by molar-refractivity contribution is -0.384. The van der Waals surface area contributed by atoms with Crippen molar-refractivity contribution in [1.82, 2.24) is 15.3 Å². The van der Waals surface area contributed by atoms with Gasteiger partial charge in [-0.05, 0) is 43.9 Å². The number of hydrogen-bond acceptors (Lipinski definition) is 8. The Bertz CT molecular complexity index is 1110. The number of aromatic hydroxyl groups is 1. The molecule has 0 radical (unpaired) electrons. The molecule has 3 N–H and O–H groups in total. The monoisotopic (exact) mass is 436 g/mol. The molecular formula is C23H28N6O3. The Kier molecular flexibility index (Phi) is 6.36. The summed E-state index contributed by atoms with van der Waals surface area (Å²) in [6.07, 6.45) is 3.85. The first kappa shape index (κ1) is 21.8. The van der Waals surface area contributed by atoms with Gasteiger partial charge in [0.05, 0.1) is 10.4 Å². The minimum Gasteiger partial charge on any atom is -0.508 e. The number of rotatable bonds is 7. The van der Waals surface area contributed by atoms with Crippen LogP contribution >= 0.6 is 0 Å². The molecule has 0 unspecified atom stereocenters. The predicted octanol–water partition coefficient (Wildman–Crippen LogP) is 3.82. The van der Waals surface area contributed by atoms with Crippen molar-refractivity contribution in [2.45, 2.75) is 44.3 Å². The van der Waals surface area contributed by atoms with Gasteiger partial charge in [-0.25, -0.2) is 4.98 Å². The Balaban J connectivity index is 1.35. The third-order valence-electron chi connectivity index (χ3n) is 5.92. The van der Waals surface area contributed by atoms with Gasteiger partial charge in [-0.2, -0.15) is 4.98 Å².